The summed E-state index contributed by atoms with van der Waals surface area (Å²) >= 11 is 0. The van der Waals surface area contributed by atoms with Crippen LogP contribution in [0.4, 0.5) is 15.9 Å². The minimum Gasteiger partial charge on any atom is -0.494 e. The maximum absolute atomic E-state index is 13.8. The van der Waals surface area contributed by atoms with Crippen LogP contribution in [-0.4, -0.2) is 27.6 Å². The zero-order chi connectivity index (χ0) is 23.1. The molecule has 4 aromatic rings. The van der Waals surface area contributed by atoms with Crippen molar-refractivity contribution in [1.29, 1.82) is 0 Å². The van der Waals surface area contributed by atoms with Crippen molar-refractivity contribution in [3.63, 3.8) is 0 Å². The minimum absolute atomic E-state index is 0.0612. The van der Waals surface area contributed by atoms with E-state index in [1.165, 1.54) is 23.7 Å². The lowest BCUT2D eigenvalue weighted by molar-refractivity contribution is -0.115. The Labute approximate surface area is 190 Å². The fourth-order valence-corrected chi connectivity index (χ4v) is 4.53. The number of carbonyl (C=O) groups excluding carboxylic acids is 1. The van der Waals surface area contributed by atoms with Crippen LogP contribution in [0.3, 0.4) is 0 Å². The van der Waals surface area contributed by atoms with E-state index in [-0.39, 0.29) is 18.1 Å². The predicted octanol–water partition coefficient (Wildman–Crippen LogP) is 4.13. The summed E-state index contributed by atoms with van der Waals surface area (Å²) in [7, 11) is 1.56. The number of nitrogens with zero attached hydrogens (tertiary/aromatic N) is 3. The summed E-state index contributed by atoms with van der Waals surface area (Å²) in [6.07, 6.45) is 4.51. The number of nitrogens with two attached hydrogens (primary N) is 1. The first-order chi connectivity index (χ1) is 16.0. The topological polar surface area (TPSA) is 95.1 Å². The Balaban J connectivity index is 1.47. The molecule has 1 amide bonds. The predicted molar refractivity (Wildman–Crippen MR) is 125 cm³/mol. The molecule has 7 nitrogen and oxygen atoms in total. The highest BCUT2D eigenvalue weighted by atomic mass is 19.1. The Morgan fingerprint density at radius 1 is 1.21 bits per heavy atom. The molecule has 2 aromatic carbocycles. The van der Waals surface area contributed by atoms with Gasteiger partial charge in [0.1, 0.15) is 23.4 Å². The van der Waals surface area contributed by atoms with Gasteiger partial charge in [0.2, 0.25) is 5.91 Å². The molecule has 1 aliphatic carbocycles. The third kappa shape index (κ3) is 3.67. The van der Waals surface area contributed by atoms with E-state index < -0.39 is 0 Å². The molecule has 1 aliphatic rings. The van der Waals surface area contributed by atoms with Crippen LogP contribution in [0.15, 0.2) is 42.7 Å². The highest BCUT2D eigenvalue weighted by Crippen LogP contribution is 2.38. The van der Waals surface area contributed by atoms with Crippen LogP contribution in [-0.2, 0) is 24.1 Å². The summed E-state index contributed by atoms with van der Waals surface area (Å²) in [6, 6.07) is 10.4. The number of anilines is 2. The molecule has 8 heteroatoms. The van der Waals surface area contributed by atoms with Crippen LogP contribution >= 0.6 is 0 Å². The second-order valence-corrected chi connectivity index (χ2v) is 8.26. The monoisotopic (exact) mass is 445 g/mol. The first-order valence-electron chi connectivity index (χ1n) is 10.8. The third-order valence-electron chi connectivity index (χ3n) is 6.14. The number of methoxy groups -OCH3 is 1. The molecule has 2 heterocycles. The van der Waals surface area contributed by atoms with Gasteiger partial charge in [0.25, 0.3) is 0 Å². The standard InChI is InChI=1S/C25H24FN5O2/c1-14-6-7-15(10-18(14)26)11-22(32)30-19-9-8-16(12-21(19)33-2)31-20-5-3-4-17(20)23-24(31)25(27)29-13-28-23/h6-10,12-13H,3-5,11H2,1-2H3,(H,30,32)(H2,27,28,29). The molecule has 2 aromatic heterocycles. The highest BCUT2D eigenvalue weighted by Gasteiger charge is 2.25. The summed E-state index contributed by atoms with van der Waals surface area (Å²) < 4.78 is 21.5. The van der Waals surface area contributed by atoms with E-state index in [9.17, 15) is 9.18 Å². The molecule has 0 unspecified atom stereocenters. The van der Waals surface area contributed by atoms with E-state index in [0.717, 1.165) is 36.0 Å². The molecular weight excluding hydrogens is 421 g/mol. The molecule has 0 radical (unpaired) electrons. The van der Waals surface area contributed by atoms with Gasteiger partial charge >= 0.3 is 0 Å². The molecule has 0 spiro atoms. The maximum Gasteiger partial charge on any atom is 0.228 e. The Hall–Kier alpha value is -3.94. The number of aromatic nitrogens is 3. The molecule has 0 saturated heterocycles. The second kappa shape index (κ2) is 8.20. The van der Waals surface area contributed by atoms with Crippen molar-refractivity contribution in [2.24, 2.45) is 0 Å². The molecule has 168 valence electrons. The molecule has 0 saturated carbocycles. The number of nitrogen functional groups attached to an aromatic ring is 1. The number of halogens is 1. The van der Waals surface area contributed by atoms with Crippen molar-refractivity contribution in [3.05, 3.63) is 70.9 Å². The van der Waals surface area contributed by atoms with Crippen LogP contribution in [0.5, 0.6) is 5.75 Å². The average Bonchev–Trinajstić information content (AvgIpc) is 3.38. The van der Waals surface area contributed by atoms with Gasteiger partial charge in [-0.3, -0.25) is 4.79 Å². The van der Waals surface area contributed by atoms with Crippen LogP contribution in [0.2, 0.25) is 0 Å². The van der Waals surface area contributed by atoms with Crippen LogP contribution < -0.4 is 15.8 Å². The number of carbonyl (C=O) groups is 1. The summed E-state index contributed by atoms with van der Waals surface area (Å²) in [5.41, 5.74) is 12.8. The first-order valence-corrected chi connectivity index (χ1v) is 10.8. The number of ether oxygens (including phenoxy) is 1. The van der Waals surface area contributed by atoms with Crippen LogP contribution in [0.1, 0.15) is 28.8 Å². The number of amides is 1. The van der Waals surface area contributed by atoms with Crippen molar-refractivity contribution >= 4 is 28.4 Å². The van der Waals surface area contributed by atoms with E-state index in [4.69, 9.17) is 10.5 Å². The third-order valence-corrected chi connectivity index (χ3v) is 6.14. The average molecular weight is 445 g/mol. The van der Waals surface area contributed by atoms with Crippen molar-refractivity contribution < 1.29 is 13.9 Å². The lowest BCUT2D eigenvalue weighted by atomic mass is 10.1. The smallest absolute Gasteiger partial charge is 0.228 e. The van der Waals surface area contributed by atoms with Gasteiger partial charge < -0.3 is 20.4 Å². The van der Waals surface area contributed by atoms with Crippen molar-refractivity contribution in [1.82, 2.24) is 14.5 Å². The van der Waals surface area contributed by atoms with Gasteiger partial charge in [0.15, 0.2) is 5.82 Å². The van der Waals surface area contributed by atoms with Crippen LogP contribution in [0, 0.1) is 12.7 Å². The van der Waals surface area contributed by atoms with E-state index in [2.05, 4.69) is 19.9 Å². The van der Waals surface area contributed by atoms with Crippen LogP contribution in [0.25, 0.3) is 16.7 Å². The fourth-order valence-electron chi connectivity index (χ4n) is 4.53. The zero-order valence-corrected chi connectivity index (χ0v) is 18.5. The number of fused-ring (bicyclic) bond motifs is 3. The zero-order valence-electron chi connectivity index (χ0n) is 18.5. The van der Waals surface area contributed by atoms with Crippen molar-refractivity contribution in [2.75, 3.05) is 18.2 Å². The van der Waals surface area contributed by atoms with Gasteiger partial charge in [-0.15, -0.1) is 0 Å². The Kier molecular flexibility index (Phi) is 5.20. The molecule has 3 N–H and O–H groups in total. The minimum atomic E-state index is -0.322. The number of hydrogen-bond donors (Lipinski definition) is 2. The molecule has 0 fully saturated rings. The number of aryl methyl sites for hydroxylation is 2. The largest absolute Gasteiger partial charge is 0.494 e. The molecule has 5 rings (SSSR count). The second-order valence-electron chi connectivity index (χ2n) is 8.26. The van der Waals surface area contributed by atoms with E-state index in [0.29, 0.717) is 28.4 Å². The first kappa shape index (κ1) is 20.9. The Morgan fingerprint density at radius 3 is 2.85 bits per heavy atom. The summed E-state index contributed by atoms with van der Waals surface area (Å²) in [5.74, 6) is 0.363. The normalized spacial score (nSPS) is 12.7. The quantitative estimate of drug-likeness (QED) is 0.482. The van der Waals surface area contributed by atoms with Gasteiger partial charge in [0, 0.05) is 17.4 Å². The highest BCUT2D eigenvalue weighted by molar-refractivity contribution is 5.94. The van der Waals surface area contributed by atoms with E-state index in [1.54, 1.807) is 32.2 Å². The summed E-state index contributed by atoms with van der Waals surface area (Å²) in [6.45, 7) is 1.69. The molecule has 33 heavy (non-hydrogen) atoms. The summed E-state index contributed by atoms with van der Waals surface area (Å²) in [5, 5.41) is 2.87. The lowest BCUT2D eigenvalue weighted by Crippen LogP contribution is -2.15. The Morgan fingerprint density at radius 2 is 2.06 bits per heavy atom. The summed E-state index contributed by atoms with van der Waals surface area (Å²) in [4.78, 5) is 21.3. The van der Waals surface area contributed by atoms with Gasteiger partial charge in [-0.1, -0.05) is 12.1 Å². The molecular formula is C25H24FN5O2. The molecule has 0 atom stereocenters. The molecule has 0 bridgehead atoms. The Bertz CT molecular complexity index is 1400. The SMILES string of the molecule is COc1cc(-n2c3c(c4ncnc(N)c42)CCC3)ccc1NC(=O)Cc1ccc(C)c(F)c1. The maximum atomic E-state index is 13.8. The number of rotatable bonds is 5. The van der Waals surface area contributed by atoms with E-state index in [1.807, 2.05) is 12.1 Å². The van der Waals surface area contributed by atoms with E-state index >= 15 is 0 Å². The number of nitrogens with one attached hydrogen (secondary N) is 1. The van der Waals surface area contributed by atoms with Gasteiger partial charge in [-0.05, 0) is 61.1 Å². The van der Waals surface area contributed by atoms with Crippen molar-refractivity contribution in [2.45, 2.75) is 32.6 Å². The number of hydrogen-bond acceptors (Lipinski definition) is 5. The molecule has 0 aliphatic heterocycles. The van der Waals surface area contributed by atoms with Gasteiger partial charge in [0.05, 0.1) is 24.7 Å². The van der Waals surface area contributed by atoms with Gasteiger partial charge in [-0.25, -0.2) is 14.4 Å². The fraction of sp³-hybridized carbons (Fsp3) is 0.240. The van der Waals surface area contributed by atoms with Crippen molar-refractivity contribution in [3.8, 4) is 11.4 Å². The van der Waals surface area contributed by atoms with Gasteiger partial charge in [-0.2, -0.15) is 0 Å². The number of benzene rings is 2. The lowest BCUT2D eigenvalue weighted by Gasteiger charge is -2.15.